The van der Waals surface area contributed by atoms with Crippen molar-refractivity contribution in [2.45, 2.75) is 19.4 Å². The molecule has 0 spiro atoms. The molecule has 0 rings (SSSR count). The SMILES string of the molecule is C=CC(N)C/N=C\C(I)=C/CC. The van der Waals surface area contributed by atoms with Gasteiger partial charge in [0.25, 0.3) is 0 Å². The Morgan fingerprint density at radius 1 is 1.75 bits per heavy atom. The van der Waals surface area contributed by atoms with E-state index in [1.807, 2.05) is 6.21 Å². The third-order valence-corrected chi connectivity index (χ3v) is 1.95. The molecule has 0 aliphatic heterocycles. The molecule has 0 aromatic heterocycles. The number of rotatable bonds is 5. The van der Waals surface area contributed by atoms with Crippen LogP contribution < -0.4 is 5.73 Å². The molecule has 0 radical (unpaired) electrons. The zero-order valence-electron chi connectivity index (χ0n) is 7.33. The molecule has 3 heteroatoms. The van der Waals surface area contributed by atoms with Crippen LogP contribution in [0.4, 0.5) is 0 Å². The highest BCUT2D eigenvalue weighted by Crippen LogP contribution is 2.03. The molecular formula is C9H15IN2. The fourth-order valence-corrected chi connectivity index (χ4v) is 1.22. The summed E-state index contributed by atoms with van der Waals surface area (Å²) >= 11 is 2.25. The molecule has 2 N–H and O–H groups in total. The second-order valence-electron chi connectivity index (χ2n) is 2.39. The summed E-state index contributed by atoms with van der Waals surface area (Å²) in [6, 6.07) is -0.0212. The molecule has 0 aromatic carbocycles. The van der Waals surface area contributed by atoms with Crippen molar-refractivity contribution in [1.29, 1.82) is 0 Å². The lowest BCUT2D eigenvalue weighted by Crippen LogP contribution is -2.19. The van der Waals surface area contributed by atoms with Gasteiger partial charge in [-0.05, 0) is 29.0 Å². The van der Waals surface area contributed by atoms with E-state index in [4.69, 9.17) is 5.73 Å². The van der Waals surface area contributed by atoms with E-state index >= 15 is 0 Å². The van der Waals surface area contributed by atoms with Gasteiger partial charge in [-0.25, -0.2) is 0 Å². The van der Waals surface area contributed by atoms with Gasteiger partial charge in [-0.15, -0.1) is 6.58 Å². The molecule has 1 atom stereocenters. The maximum Gasteiger partial charge on any atom is 0.0577 e. The van der Waals surface area contributed by atoms with Gasteiger partial charge >= 0.3 is 0 Å². The summed E-state index contributed by atoms with van der Waals surface area (Å²) in [5, 5.41) is 0. The lowest BCUT2D eigenvalue weighted by Gasteiger charge is -1.98. The molecule has 0 aliphatic carbocycles. The highest BCUT2D eigenvalue weighted by atomic mass is 127. The molecule has 0 bridgehead atoms. The van der Waals surface area contributed by atoms with Gasteiger partial charge in [0.05, 0.1) is 6.54 Å². The molecule has 0 amide bonds. The molecule has 2 nitrogen and oxygen atoms in total. The van der Waals surface area contributed by atoms with Crippen molar-refractivity contribution in [3.05, 3.63) is 22.3 Å². The number of allylic oxidation sites excluding steroid dienone is 2. The average Bonchev–Trinajstić information content (AvgIpc) is 2.04. The topological polar surface area (TPSA) is 38.4 Å². The normalized spacial score (nSPS) is 15.1. The zero-order valence-corrected chi connectivity index (χ0v) is 9.49. The Bertz CT molecular complexity index is 185. The number of halogens is 1. The first kappa shape index (κ1) is 11.8. The van der Waals surface area contributed by atoms with E-state index in [1.54, 1.807) is 6.08 Å². The molecule has 0 saturated carbocycles. The van der Waals surface area contributed by atoms with Gasteiger partial charge in [0, 0.05) is 15.8 Å². The summed E-state index contributed by atoms with van der Waals surface area (Å²) in [6.45, 7) is 6.30. The van der Waals surface area contributed by atoms with E-state index in [9.17, 15) is 0 Å². The molecule has 0 aliphatic rings. The molecule has 12 heavy (non-hydrogen) atoms. The second kappa shape index (κ2) is 7.49. The van der Waals surface area contributed by atoms with Crippen molar-refractivity contribution in [2.24, 2.45) is 10.7 Å². The Balaban J connectivity index is 3.75. The van der Waals surface area contributed by atoms with Crippen LogP contribution in [0.2, 0.25) is 0 Å². The van der Waals surface area contributed by atoms with Crippen molar-refractivity contribution < 1.29 is 0 Å². The maximum atomic E-state index is 5.58. The fourth-order valence-electron chi connectivity index (χ4n) is 0.584. The summed E-state index contributed by atoms with van der Waals surface area (Å²) in [4.78, 5) is 4.16. The van der Waals surface area contributed by atoms with E-state index in [0.29, 0.717) is 6.54 Å². The van der Waals surface area contributed by atoms with Gasteiger partial charge in [0.2, 0.25) is 0 Å². The van der Waals surface area contributed by atoms with Crippen LogP contribution in [0, 0.1) is 0 Å². The second-order valence-corrected chi connectivity index (χ2v) is 3.64. The minimum Gasteiger partial charge on any atom is -0.323 e. The Labute approximate surface area is 87.8 Å². The molecule has 0 heterocycles. The Morgan fingerprint density at radius 2 is 2.42 bits per heavy atom. The predicted octanol–water partition coefficient (Wildman–Crippen LogP) is 2.30. The first-order valence-electron chi connectivity index (χ1n) is 3.94. The molecule has 68 valence electrons. The van der Waals surface area contributed by atoms with Gasteiger partial charge in [-0.3, -0.25) is 4.99 Å². The first-order chi connectivity index (χ1) is 5.70. The number of hydrogen-bond acceptors (Lipinski definition) is 2. The van der Waals surface area contributed by atoms with Crippen LogP contribution >= 0.6 is 22.6 Å². The van der Waals surface area contributed by atoms with Crippen molar-refractivity contribution in [1.82, 2.24) is 0 Å². The van der Waals surface area contributed by atoms with Crippen LogP contribution in [0.15, 0.2) is 27.3 Å². The van der Waals surface area contributed by atoms with E-state index in [1.165, 1.54) is 0 Å². The average molecular weight is 278 g/mol. The summed E-state index contributed by atoms with van der Waals surface area (Å²) in [5.74, 6) is 0. The number of nitrogens with zero attached hydrogens (tertiary/aromatic N) is 1. The van der Waals surface area contributed by atoms with Gasteiger partial charge < -0.3 is 5.73 Å². The zero-order chi connectivity index (χ0) is 9.40. The van der Waals surface area contributed by atoms with Crippen molar-refractivity contribution in [3.8, 4) is 0 Å². The van der Waals surface area contributed by atoms with Gasteiger partial charge in [0.15, 0.2) is 0 Å². The standard InChI is InChI=1S/C9H15IN2/c1-3-5-8(10)6-12-7-9(11)4-2/h4-6,9H,2-3,7,11H2,1H3/b8-5+,12-6-. The maximum absolute atomic E-state index is 5.58. The van der Waals surface area contributed by atoms with Crippen molar-refractivity contribution >= 4 is 28.8 Å². The van der Waals surface area contributed by atoms with Crippen LogP contribution in [-0.4, -0.2) is 18.8 Å². The Morgan fingerprint density at radius 3 is 2.92 bits per heavy atom. The van der Waals surface area contributed by atoms with Crippen LogP contribution in [-0.2, 0) is 0 Å². The van der Waals surface area contributed by atoms with Crippen LogP contribution in [0.3, 0.4) is 0 Å². The van der Waals surface area contributed by atoms with Gasteiger partial charge in [-0.2, -0.15) is 0 Å². The van der Waals surface area contributed by atoms with E-state index < -0.39 is 0 Å². The summed E-state index contributed by atoms with van der Waals surface area (Å²) in [5.41, 5.74) is 5.58. The number of aliphatic imine (C=N–C) groups is 1. The quantitative estimate of drug-likeness (QED) is 0.468. The van der Waals surface area contributed by atoms with Crippen LogP contribution in [0.5, 0.6) is 0 Å². The lowest BCUT2D eigenvalue weighted by molar-refractivity contribution is 0.829. The first-order valence-corrected chi connectivity index (χ1v) is 5.02. The highest BCUT2D eigenvalue weighted by Gasteiger charge is 1.91. The fraction of sp³-hybridized carbons (Fsp3) is 0.444. The third kappa shape index (κ3) is 6.54. The van der Waals surface area contributed by atoms with Crippen molar-refractivity contribution in [3.63, 3.8) is 0 Å². The van der Waals surface area contributed by atoms with E-state index in [2.05, 4.69) is 47.2 Å². The number of nitrogens with two attached hydrogens (primary N) is 1. The van der Waals surface area contributed by atoms with Crippen molar-refractivity contribution in [2.75, 3.05) is 6.54 Å². The predicted molar refractivity (Wildman–Crippen MR) is 63.9 cm³/mol. The van der Waals surface area contributed by atoms with Gasteiger partial charge in [-0.1, -0.05) is 19.1 Å². The molecule has 1 unspecified atom stereocenters. The Hall–Kier alpha value is -0.160. The van der Waals surface area contributed by atoms with E-state index in [0.717, 1.165) is 10.0 Å². The smallest absolute Gasteiger partial charge is 0.0577 e. The molecular weight excluding hydrogens is 263 g/mol. The summed E-state index contributed by atoms with van der Waals surface area (Å²) < 4.78 is 1.16. The molecule has 0 saturated heterocycles. The molecule has 0 fully saturated rings. The van der Waals surface area contributed by atoms with E-state index in [-0.39, 0.29) is 6.04 Å². The van der Waals surface area contributed by atoms with Gasteiger partial charge in [0.1, 0.15) is 0 Å². The lowest BCUT2D eigenvalue weighted by atomic mass is 10.3. The minimum absolute atomic E-state index is 0.0212. The summed E-state index contributed by atoms with van der Waals surface area (Å²) in [6.07, 6.45) is 6.70. The summed E-state index contributed by atoms with van der Waals surface area (Å²) in [7, 11) is 0. The largest absolute Gasteiger partial charge is 0.323 e. The Kier molecular flexibility index (Phi) is 7.39. The third-order valence-electron chi connectivity index (χ3n) is 1.23. The van der Waals surface area contributed by atoms with Crippen LogP contribution in [0.25, 0.3) is 0 Å². The van der Waals surface area contributed by atoms with Crippen LogP contribution in [0.1, 0.15) is 13.3 Å². The minimum atomic E-state index is -0.0212. The molecule has 0 aromatic rings. The number of hydrogen-bond donors (Lipinski definition) is 1. The monoisotopic (exact) mass is 278 g/mol. The highest BCUT2D eigenvalue weighted by molar-refractivity contribution is 14.1.